The number of piperazine rings is 1. The average molecular weight is 524 g/mol. The number of carbonyl (C=O) groups excluding carboxylic acids is 1. The quantitative estimate of drug-likeness (QED) is 0.542. The van der Waals surface area contributed by atoms with Crippen molar-refractivity contribution >= 4 is 45.9 Å². The van der Waals surface area contributed by atoms with Gasteiger partial charge in [0.1, 0.15) is 0 Å². The molecule has 0 bridgehead atoms. The highest BCUT2D eigenvalue weighted by Crippen LogP contribution is 2.34. The number of nitrogens with one attached hydrogen (secondary N) is 1. The van der Waals surface area contributed by atoms with E-state index in [1.54, 1.807) is 6.07 Å². The smallest absolute Gasteiger partial charge is 0.220 e. The van der Waals surface area contributed by atoms with Crippen LogP contribution in [0.4, 0.5) is 5.82 Å². The molecule has 0 unspecified atom stereocenters. The normalized spacial score (nSPS) is 24.7. The molecule has 1 amide bonds. The highest BCUT2D eigenvalue weighted by atomic mass is 35.5. The number of amides is 1. The molecule has 3 heterocycles. The second-order valence-corrected chi connectivity index (χ2v) is 11.2. The summed E-state index contributed by atoms with van der Waals surface area (Å²) < 4.78 is 10.9. The van der Waals surface area contributed by atoms with Gasteiger partial charge in [-0.3, -0.25) is 9.69 Å². The van der Waals surface area contributed by atoms with Crippen molar-refractivity contribution in [2.75, 3.05) is 50.8 Å². The van der Waals surface area contributed by atoms with Crippen molar-refractivity contribution in [2.45, 2.75) is 57.4 Å². The molecule has 1 saturated carbocycles. The lowest BCUT2D eigenvalue weighted by atomic mass is 9.83. The first-order valence-corrected chi connectivity index (χ1v) is 13.9. The number of aromatic nitrogens is 1. The van der Waals surface area contributed by atoms with E-state index in [-0.39, 0.29) is 5.91 Å². The molecule has 1 aliphatic carbocycles. The van der Waals surface area contributed by atoms with Crippen molar-refractivity contribution in [1.29, 1.82) is 0 Å². The van der Waals surface area contributed by atoms with Crippen LogP contribution in [-0.4, -0.2) is 67.9 Å². The molecule has 1 aromatic carbocycles. The van der Waals surface area contributed by atoms with Crippen LogP contribution in [0, 0.1) is 11.8 Å². The minimum absolute atomic E-state index is 0.239. The maximum atomic E-state index is 12.4. The van der Waals surface area contributed by atoms with Gasteiger partial charge in [0.05, 0.1) is 15.4 Å². The number of benzene rings is 1. The fourth-order valence-electron chi connectivity index (χ4n) is 5.79. The summed E-state index contributed by atoms with van der Waals surface area (Å²) in [5.74, 6) is 2.36. The Bertz CT molecular complexity index is 994. The van der Waals surface area contributed by atoms with Gasteiger partial charge >= 0.3 is 0 Å². The first-order valence-electron chi connectivity index (χ1n) is 13.1. The first-order chi connectivity index (χ1) is 17.0. The van der Waals surface area contributed by atoms with Crippen LogP contribution in [0.25, 0.3) is 11.0 Å². The lowest BCUT2D eigenvalue weighted by Crippen LogP contribution is -2.47. The van der Waals surface area contributed by atoms with Gasteiger partial charge in [-0.25, -0.2) is 0 Å². The molecule has 3 aliphatic rings. The molecule has 3 fully saturated rings. The van der Waals surface area contributed by atoms with Gasteiger partial charge < -0.3 is 19.5 Å². The van der Waals surface area contributed by atoms with E-state index in [0.29, 0.717) is 34.0 Å². The standard InChI is InChI=1S/C26H36Cl2N4O3/c27-22-16-21-24(17-23(22)28)35-30-26(21)32-11-9-31(10-12-32)8-5-18-1-3-20(4-2-18)29-25(33)15-19-6-13-34-14-7-19/h16-20H,1-15H2,(H,29,33)/t18-,20-. The number of ether oxygens (including phenoxy) is 1. The number of nitrogens with zero attached hydrogens (tertiary/aromatic N) is 3. The van der Waals surface area contributed by atoms with Crippen LogP contribution in [0.5, 0.6) is 0 Å². The van der Waals surface area contributed by atoms with Gasteiger partial charge in [-0.1, -0.05) is 28.4 Å². The number of rotatable bonds is 7. The van der Waals surface area contributed by atoms with E-state index in [1.165, 1.54) is 19.3 Å². The number of halogens is 2. The van der Waals surface area contributed by atoms with Crippen LogP contribution in [0.15, 0.2) is 16.7 Å². The van der Waals surface area contributed by atoms with E-state index in [0.717, 1.165) is 88.7 Å². The molecule has 9 heteroatoms. The molecule has 2 aromatic rings. The van der Waals surface area contributed by atoms with Gasteiger partial charge in [0, 0.05) is 57.9 Å². The van der Waals surface area contributed by atoms with Crippen LogP contribution in [-0.2, 0) is 9.53 Å². The second-order valence-electron chi connectivity index (χ2n) is 10.4. The predicted octanol–water partition coefficient (Wildman–Crippen LogP) is 5.14. The van der Waals surface area contributed by atoms with Gasteiger partial charge in [-0.2, -0.15) is 0 Å². The lowest BCUT2D eigenvalue weighted by Gasteiger charge is -2.36. The summed E-state index contributed by atoms with van der Waals surface area (Å²) in [4.78, 5) is 17.3. The molecular weight excluding hydrogens is 487 g/mol. The van der Waals surface area contributed by atoms with Crippen LogP contribution >= 0.6 is 23.2 Å². The Morgan fingerprint density at radius 1 is 0.971 bits per heavy atom. The molecule has 1 aromatic heterocycles. The Labute approximate surface area is 217 Å². The summed E-state index contributed by atoms with van der Waals surface area (Å²) in [6.07, 6.45) is 8.62. The molecule has 1 N–H and O–H groups in total. The van der Waals surface area contributed by atoms with Crippen molar-refractivity contribution in [3.63, 3.8) is 0 Å². The van der Waals surface area contributed by atoms with Crippen LogP contribution in [0.3, 0.4) is 0 Å². The fourth-order valence-corrected chi connectivity index (χ4v) is 6.11. The van der Waals surface area contributed by atoms with E-state index in [1.807, 2.05) is 6.07 Å². The van der Waals surface area contributed by atoms with Crippen molar-refractivity contribution in [3.05, 3.63) is 22.2 Å². The summed E-state index contributed by atoms with van der Waals surface area (Å²) in [5, 5.41) is 9.52. The number of hydrogen-bond acceptors (Lipinski definition) is 6. The zero-order chi connectivity index (χ0) is 24.2. The monoisotopic (exact) mass is 522 g/mol. The summed E-state index contributed by atoms with van der Waals surface area (Å²) in [6.45, 7) is 6.64. The molecule has 35 heavy (non-hydrogen) atoms. The Kier molecular flexibility index (Phi) is 8.38. The largest absolute Gasteiger partial charge is 0.381 e. The predicted molar refractivity (Wildman–Crippen MR) is 139 cm³/mol. The van der Waals surface area contributed by atoms with E-state index >= 15 is 0 Å². The molecule has 0 radical (unpaired) electrons. The number of fused-ring (bicyclic) bond motifs is 1. The van der Waals surface area contributed by atoms with Crippen molar-refractivity contribution in [3.8, 4) is 0 Å². The minimum Gasteiger partial charge on any atom is -0.381 e. The first kappa shape index (κ1) is 25.1. The summed E-state index contributed by atoms with van der Waals surface area (Å²) >= 11 is 12.3. The van der Waals surface area contributed by atoms with Gasteiger partial charge in [-0.15, -0.1) is 0 Å². The van der Waals surface area contributed by atoms with Gasteiger partial charge in [0.25, 0.3) is 0 Å². The van der Waals surface area contributed by atoms with Crippen LogP contribution in [0.1, 0.15) is 51.4 Å². The van der Waals surface area contributed by atoms with Crippen molar-refractivity contribution in [1.82, 2.24) is 15.4 Å². The zero-order valence-corrected chi connectivity index (χ0v) is 21.8. The second kappa shape index (κ2) is 11.7. The third-order valence-electron chi connectivity index (χ3n) is 8.05. The molecule has 0 spiro atoms. The topological polar surface area (TPSA) is 70.8 Å². The fraction of sp³-hybridized carbons (Fsp3) is 0.692. The summed E-state index contributed by atoms with van der Waals surface area (Å²) in [6, 6.07) is 3.95. The van der Waals surface area contributed by atoms with E-state index in [2.05, 4.69) is 20.3 Å². The van der Waals surface area contributed by atoms with E-state index < -0.39 is 0 Å². The molecule has 2 aliphatic heterocycles. The van der Waals surface area contributed by atoms with Gasteiger partial charge in [0.15, 0.2) is 11.4 Å². The summed E-state index contributed by atoms with van der Waals surface area (Å²) in [7, 11) is 0. The highest BCUT2D eigenvalue weighted by Gasteiger charge is 2.26. The van der Waals surface area contributed by atoms with Crippen molar-refractivity contribution in [2.24, 2.45) is 11.8 Å². The Morgan fingerprint density at radius 2 is 1.69 bits per heavy atom. The van der Waals surface area contributed by atoms with Gasteiger partial charge in [0.2, 0.25) is 5.91 Å². The zero-order valence-electron chi connectivity index (χ0n) is 20.3. The molecule has 7 nitrogen and oxygen atoms in total. The maximum Gasteiger partial charge on any atom is 0.220 e. The minimum atomic E-state index is 0.239. The van der Waals surface area contributed by atoms with E-state index in [9.17, 15) is 4.79 Å². The van der Waals surface area contributed by atoms with Crippen LogP contribution < -0.4 is 10.2 Å². The van der Waals surface area contributed by atoms with Crippen molar-refractivity contribution < 1.29 is 14.1 Å². The Hall–Kier alpha value is -1.54. The maximum absolute atomic E-state index is 12.4. The van der Waals surface area contributed by atoms with E-state index in [4.69, 9.17) is 32.5 Å². The lowest BCUT2D eigenvalue weighted by molar-refractivity contribution is -0.123. The molecule has 5 rings (SSSR count). The third kappa shape index (κ3) is 6.43. The highest BCUT2D eigenvalue weighted by molar-refractivity contribution is 6.42. The third-order valence-corrected chi connectivity index (χ3v) is 8.77. The molecule has 2 saturated heterocycles. The molecule has 0 atom stereocenters. The Balaban J connectivity index is 1.00. The average Bonchev–Trinajstić information content (AvgIpc) is 3.27. The Morgan fingerprint density at radius 3 is 2.43 bits per heavy atom. The van der Waals surface area contributed by atoms with Gasteiger partial charge in [-0.05, 0) is 69.4 Å². The number of carbonyl (C=O) groups is 1. The SMILES string of the molecule is O=C(CC1CCOCC1)N[C@H]1CC[C@H](CCN2CCN(c3noc4cc(Cl)c(Cl)cc34)CC2)CC1. The number of anilines is 1. The number of hydrogen-bond donors (Lipinski definition) is 1. The summed E-state index contributed by atoms with van der Waals surface area (Å²) in [5.41, 5.74) is 0.673. The molecular formula is C26H36Cl2N4O3. The van der Waals surface area contributed by atoms with Crippen LogP contribution in [0.2, 0.25) is 10.0 Å². The molecule has 192 valence electrons.